The first-order valence-electron chi connectivity index (χ1n) is 7.65. The van der Waals surface area contributed by atoms with Crippen LogP contribution in [0.2, 0.25) is 0 Å². The summed E-state index contributed by atoms with van der Waals surface area (Å²) in [5.74, 6) is 3.11. The molecule has 4 aliphatic carbocycles. The highest BCUT2D eigenvalue weighted by molar-refractivity contribution is 14.1. The van der Waals surface area contributed by atoms with Crippen LogP contribution in [0.15, 0.2) is 12.1 Å². The summed E-state index contributed by atoms with van der Waals surface area (Å²) in [4.78, 5) is 1.51. The number of hydrogen-bond donors (Lipinski definition) is 1. The number of halogens is 1. The molecule has 0 saturated heterocycles. The standard InChI is InChI=1S/C16H22INS/c1-10(14-2-3-15(17)19-14)18-16-7-11-4-12(8-16)6-13(5-11)9-16/h2-3,10-13,18H,4-9H2,1H3. The van der Waals surface area contributed by atoms with Gasteiger partial charge < -0.3 is 5.32 Å². The molecule has 4 fully saturated rings. The first kappa shape index (κ1) is 13.1. The Bertz CT molecular complexity index is 446. The molecular weight excluding hydrogens is 365 g/mol. The quantitative estimate of drug-likeness (QED) is 0.722. The Morgan fingerprint density at radius 2 is 1.74 bits per heavy atom. The Hall–Kier alpha value is 0.390. The monoisotopic (exact) mass is 387 g/mol. The van der Waals surface area contributed by atoms with Crippen LogP contribution in [0.1, 0.15) is 56.4 Å². The molecule has 0 spiro atoms. The first-order chi connectivity index (χ1) is 9.12. The van der Waals surface area contributed by atoms with Gasteiger partial charge in [-0.1, -0.05) is 0 Å². The van der Waals surface area contributed by atoms with Crippen molar-refractivity contribution in [3.63, 3.8) is 0 Å². The van der Waals surface area contributed by atoms with Crippen LogP contribution >= 0.6 is 33.9 Å². The predicted molar refractivity (Wildman–Crippen MR) is 89.5 cm³/mol. The highest BCUT2D eigenvalue weighted by Crippen LogP contribution is 2.56. The van der Waals surface area contributed by atoms with Crippen molar-refractivity contribution in [2.24, 2.45) is 17.8 Å². The topological polar surface area (TPSA) is 12.0 Å². The number of hydrogen-bond acceptors (Lipinski definition) is 2. The summed E-state index contributed by atoms with van der Waals surface area (Å²) in [7, 11) is 0. The second-order valence-corrected chi connectivity index (χ2v) is 10.2. The minimum atomic E-state index is 0.490. The van der Waals surface area contributed by atoms with Gasteiger partial charge >= 0.3 is 0 Å². The molecule has 0 amide bonds. The zero-order valence-electron chi connectivity index (χ0n) is 11.5. The molecule has 4 bridgehead atoms. The van der Waals surface area contributed by atoms with E-state index in [-0.39, 0.29) is 0 Å². The van der Waals surface area contributed by atoms with Crippen molar-refractivity contribution in [3.8, 4) is 0 Å². The van der Waals surface area contributed by atoms with Gasteiger partial charge in [0.1, 0.15) is 0 Å². The van der Waals surface area contributed by atoms with Gasteiger partial charge in [0.15, 0.2) is 0 Å². The van der Waals surface area contributed by atoms with E-state index in [0.717, 1.165) is 17.8 Å². The van der Waals surface area contributed by atoms with Crippen LogP contribution in [0, 0.1) is 20.6 Å². The highest BCUT2D eigenvalue weighted by atomic mass is 127. The van der Waals surface area contributed by atoms with E-state index in [9.17, 15) is 0 Å². The smallest absolute Gasteiger partial charge is 0.0656 e. The lowest BCUT2D eigenvalue weighted by Crippen LogP contribution is -2.58. The van der Waals surface area contributed by atoms with Crippen LogP contribution in [-0.2, 0) is 0 Å². The van der Waals surface area contributed by atoms with E-state index >= 15 is 0 Å². The molecule has 0 aliphatic heterocycles. The Morgan fingerprint density at radius 1 is 1.16 bits per heavy atom. The molecule has 0 aromatic carbocycles. The summed E-state index contributed by atoms with van der Waals surface area (Å²) in [5, 5.41) is 4.06. The van der Waals surface area contributed by atoms with E-state index in [4.69, 9.17) is 0 Å². The van der Waals surface area contributed by atoms with Crippen LogP contribution < -0.4 is 5.32 Å². The van der Waals surface area contributed by atoms with Gasteiger partial charge in [0.2, 0.25) is 0 Å². The molecule has 0 radical (unpaired) electrons. The van der Waals surface area contributed by atoms with Gasteiger partial charge in [0.25, 0.3) is 0 Å². The van der Waals surface area contributed by atoms with Crippen LogP contribution in [0.3, 0.4) is 0 Å². The van der Waals surface area contributed by atoms with Gasteiger partial charge in [-0.15, -0.1) is 11.3 Å². The fraction of sp³-hybridized carbons (Fsp3) is 0.750. The number of nitrogens with one attached hydrogen (secondary N) is 1. The third kappa shape index (κ3) is 2.40. The van der Waals surface area contributed by atoms with Gasteiger partial charge in [-0.3, -0.25) is 0 Å². The third-order valence-electron chi connectivity index (χ3n) is 5.58. The van der Waals surface area contributed by atoms with E-state index in [1.54, 1.807) is 0 Å². The van der Waals surface area contributed by atoms with Gasteiger partial charge in [-0.25, -0.2) is 0 Å². The lowest BCUT2D eigenvalue weighted by Gasteiger charge is -2.57. The lowest BCUT2D eigenvalue weighted by atomic mass is 9.53. The molecule has 3 heteroatoms. The van der Waals surface area contributed by atoms with Crippen molar-refractivity contribution < 1.29 is 0 Å². The molecule has 5 rings (SSSR count). The average Bonchev–Trinajstić information content (AvgIpc) is 2.73. The van der Waals surface area contributed by atoms with Crippen molar-refractivity contribution >= 4 is 33.9 Å². The van der Waals surface area contributed by atoms with Crippen LogP contribution in [-0.4, -0.2) is 5.54 Å². The largest absolute Gasteiger partial charge is 0.304 e. The summed E-state index contributed by atoms with van der Waals surface area (Å²) < 4.78 is 1.41. The minimum absolute atomic E-state index is 0.490. The van der Waals surface area contributed by atoms with Crippen molar-refractivity contribution in [2.45, 2.75) is 57.0 Å². The molecule has 19 heavy (non-hydrogen) atoms. The van der Waals surface area contributed by atoms with E-state index in [1.807, 2.05) is 11.3 Å². The maximum Gasteiger partial charge on any atom is 0.0656 e. The minimum Gasteiger partial charge on any atom is -0.304 e. The Kier molecular flexibility index (Phi) is 3.24. The SMILES string of the molecule is CC(NC12CC3CC(CC(C3)C1)C2)c1ccc(I)s1. The van der Waals surface area contributed by atoms with Crippen LogP contribution in [0.4, 0.5) is 0 Å². The van der Waals surface area contributed by atoms with Crippen molar-refractivity contribution in [3.05, 3.63) is 19.9 Å². The molecule has 4 saturated carbocycles. The summed E-state index contributed by atoms with van der Waals surface area (Å²) in [6, 6.07) is 5.09. The molecule has 1 atom stereocenters. The van der Waals surface area contributed by atoms with E-state index in [1.165, 1.54) is 46.3 Å². The van der Waals surface area contributed by atoms with Gasteiger partial charge in [-0.05, 0) is 97.9 Å². The van der Waals surface area contributed by atoms with Crippen LogP contribution in [0.5, 0.6) is 0 Å². The molecule has 1 nitrogen and oxygen atoms in total. The molecule has 1 unspecified atom stereocenters. The van der Waals surface area contributed by atoms with Crippen molar-refractivity contribution in [1.82, 2.24) is 5.32 Å². The predicted octanol–water partition coefficient (Wildman–Crippen LogP) is 4.97. The van der Waals surface area contributed by atoms with Gasteiger partial charge in [-0.2, -0.15) is 0 Å². The molecule has 1 aromatic rings. The molecular formula is C16H22INS. The van der Waals surface area contributed by atoms with Gasteiger partial charge in [0.05, 0.1) is 2.88 Å². The lowest BCUT2D eigenvalue weighted by molar-refractivity contribution is -0.0243. The summed E-state index contributed by atoms with van der Waals surface area (Å²) in [5.41, 5.74) is 0.490. The van der Waals surface area contributed by atoms with Crippen molar-refractivity contribution in [2.75, 3.05) is 0 Å². The number of rotatable bonds is 3. The fourth-order valence-electron chi connectivity index (χ4n) is 5.38. The second-order valence-electron chi connectivity index (χ2n) is 7.21. The first-order valence-corrected chi connectivity index (χ1v) is 9.54. The molecule has 4 aliphatic rings. The number of thiophene rings is 1. The zero-order chi connectivity index (χ0) is 13.0. The summed E-state index contributed by atoms with van der Waals surface area (Å²) in [6.07, 6.45) is 8.95. The maximum atomic E-state index is 4.06. The zero-order valence-corrected chi connectivity index (χ0v) is 14.5. The molecule has 1 aromatic heterocycles. The molecule has 1 heterocycles. The Morgan fingerprint density at radius 3 is 2.21 bits per heavy atom. The molecule has 104 valence electrons. The van der Waals surface area contributed by atoms with E-state index in [2.05, 4.69) is 47.0 Å². The van der Waals surface area contributed by atoms with Gasteiger partial charge in [0, 0.05) is 16.5 Å². The summed E-state index contributed by atoms with van der Waals surface area (Å²) >= 11 is 4.38. The summed E-state index contributed by atoms with van der Waals surface area (Å²) in [6.45, 7) is 2.36. The second kappa shape index (κ2) is 4.70. The van der Waals surface area contributed by atoms with E-state index in [0.29, 0.717) is 11.6 Å². The Balaban J connectivity index is 1.53. The maximum absolute atomic E-state index is 4.06. The Labute approximate surface area is 133 Å². The van der Waals surface area contributed by atoms with E-state index < -0.39 is 0 Å². The van der Waals surface area contributed by atoms with Crippen LogP contribution in [0.25, 0.3) is 0 Å². The van der Waals surface area contributed by atoms with Crippen molar-refractivity contribution in [1.29, 1.82) is 0 Å². The molecule has 1 N–H and O–H groups in total. The normalized spacial score (nSPS) is 41.7. The fourth-order valence-corrected chi connectivity index (χ4v) is 7.05. The highest BCUT2D eigenvalue weighted by Gasteiger charge is 2.51. The average molecular weight is 387 g/mol. The third-order valence-corrected chi connectivity index (χ3v) is 7.66.